The van der Waals surface area contributed by atoms with Gasteiger partial charge in [-0.15, -0.1) is 0 Å². The van der Waals surface area contributed by atoms with Crippen LogP contribution in [0.25, 0.3) is 32.0 Å². The molecule has 2 heterocycles. The number of amides is 1. The van der Waals surface area contributed by atoms with Crippen LogP contribution in [0.1, 0.15) is 28.4 Å². The summed E-state index contributed by atoms with van der Waals surface area (Å²) in [7, 11) is 0. The Balaban J connectivity index is 1.68. The van der Waals surface area contributed by atoms with Crippen LogP contribution in [0.4, 0.5) is 0 Å². The molecular weight excluding hydrogens is 448 g/mol. The van der Waals surface area contributed by atoms with Crippen molar-refractivity contribution < 1.29 is 13.9 Å². The van der Waals surface area contributed by atoms with Gasteiger partial charge in [0.2, 0.25) is 0 Å². The first kappa shape index (κ1) is 22.3. The number of aryl methyl sites for hydroxylation is 2. The first-order chi connectivity index (χ1) is 16.5. The van der Waals surface area contributed by atoms with Gasteiger partial charge in [-0.25, -0.2) is 4.79 Å². The molecule has 0 aliphatic rings. The number of hydrogen-bond acceptors (Lipinski definition) is 5. The van der Waals surface area contributed by atoms with E-state index >= 15 is 0 Å². The fraction of sp³-hybridized carbons (Fsp3) is 0.222. The van der Waals surface area contributed by atoms with E-state index in [1.807, 2.05) is 55.7 Å². The molecule has 0 aliphatic carbocycles. The van der Waals surface area contributed by atoms with E-state index in [0.29, 0.717) is 35.5 Å². The van der Waals surface area contributed by atoms with Crippen molar-refractivity contribution in [1.82, 2.24) is 4.57 Å². The molecule has 5 rings (SSSR count). The van der Waals surface area contributed by atoms with E-state index in [1.54, 1.807) is 12.1 Å². The number of aromatic nitrogens is 1. The molecular formula is C27H24N2O4S. The number of rotatable bonds is 5. The Kier molecular flexibility index (Phi) is 5.89. The second-order valence-corrected chi connectivity index (χ2v) is 9.23. The SMILES string of the molecule is CCOCCn1c(=NC(=O)c2cc3c(ccc4ccccc43)oc2=O)sc2cc(C)cc(C)c21. The Morgan fingerprint density at radius 2 is 1.91 bits per heavy atom. The predicted molar refractivity (Wildman–Crippen MR) is 136 cm³/mol. The highest BCUT2D eigenvalue weighted by Gasteiger charge is 2.16. The smallest absolute Gasteiger partial charge is 0.349 e. The minimum absolute atomic E-state index is 0.0782. The Labute approximate surface area is 199 Å². The second kappa shape index (κ2) is 9.00. The number of ether oxygens (including phenoxy) is 1. The van der Waals surface area contributed by atoms with Crippen LogP contribution in [0.2, 0.25) is 0 Å². The monoisotopic (exact) mass is 472 g/mol. The molecule has 6 nitrogen and oxygen atoms in total. The molecule has 172 valence electrons. The van der Waals surface area contributed by atoms with Crippen molar-refractivity contribution in [1.29, 1.82) is 0 Å². The van der Waals surface area contributed by atoms with E-state index in [2.05, 4.69) is 17.1 Å². The van der Waals surface area contributed by atoms with Crippen LogP contribution in [0.15, 0.2) is 68.8 Å². The van der Waals surface area contributed by atoms with Crippen molar-refractivity contribution in [3.05, 3.63) is 86.5 Å². The van der Waals surface area contributed by atoms with Gasteiger partial charge in [0.05, 0.1) is 16.8 Å². The topological polar surface area (TPSA) is 73.8 Å². The van der Waals surface area contributed by atoms with E-state index in [0.717, 1.165) is 32.1 Å². The first-order valence-electron chi connectivity index (χ1n) is 11.2. The molecule has 7 heteroatoms. The van der Waals surface area contributed by atoms with Gasteiger partial charge in [0.15, 0.2) is 4.80 Å². The summed E-state index contributed by atoms with van der Waals surface area (Å²) in [6, 6.07) is 17.2. The highest BCUT2D eigenvalue weighted by Crippen LogP contribution is 2.26. The van der Waals surface area contributed by atoms with Crippen LogP contribution in [-0.2, 0) is 11.3 Å². The van der Waals surface area contributed by atoms with Crippen molar-refractivity contribution in [2.75, 3.05) is 13.2 Å². The molecule has 3 aromatic carbocycles. The van der Waals surface area contributed by atoms with Crippen LogP contribution in [0.5, 0.6) is 0 Å². The number of benzene rings is 3. The lowest BCUT2D eigenvalue weighted by Crippen LogP contribution is -2.21. The second-order valence-electron chi connectivity index (χ2n) is 8.22. The van der Waals surface area contributed by atoms with Crippen molar-refractivity contribution in [2.45, 2.75) is 27.3 Å². The van der Waals surface area contributed by atoms with Crippen molar-refractivity contribution in [2.24, 2.45) is 4.99 Å². The molecule has 0 fully saturated rings. The summed E-state index contributed by atoms with van der Waals surface area (Å²) in [5, 5.41) is 2.63. The maximum atomic E-state index is 13.3. The van der Waals surface area contributed by atoms with Gasteiger partial charge in [0.25, 0.3) is 5.91 Å². The summed E-state index contributed by atoms with van der Waals surface area (Å²) in [6.45, 7) is 7.71. The Bertz CT molecular complexity index is 1690. The zero-order valence-corrected chi connectivity index (χ0v) is 20.1. The van der Waals surface area contributed by atoms with Gasteiger partial charge >= 0.3 is 5.63 Å². The first-order valence-corrected chi connectivity index (χ1v) is 12.0. The van der Waals surface area contributed by atoms with Crippen LogP contribution >= 0.6 is 11.3 Å². The molecule has 0 saturated heterocycles. The van der Waals surface area contributed by atoms with Crippen LogP contribution in [0, 0.1) is 13.8 Å². The minimum atomic E-state index is -0.689. The lowest BCUT2D eigenvalue weighted by Gasteiger charge is -2.08. The van der Waals surface area contributed by atoms with Crippen molar-refractivity contribution in [3.63, 3.8) is 0 Å². The van der Waals surface area contributed by atoms with Crippen LogP contribution in [-0.4, -0.2) is 23.7 Å². The third-order valence-corrected chi connectivity index (χ3v) is 6.87. The van der Waals surface area contributed by atoms with E-state index in [-0.39, 0.29) is 5.56 Å². The highest BCUT2D eigenvalue weighted by atomic mass is 32.1. The number of carbonyl (C=O) groups excluding carboxylic acids is 1. The Hall–Kier alpha value is -3.55. The Morgan fingerprint density at radius 3 is 2.74 bits per heavy atom. The van der Waals surface area contributed by atoms with Gasteiger partial charge in [-0.3, -0.25) is 4.79 Å². The summed E-state index contributed by atoms with van der Waals surface area (Å²) in [4.78, 5) is 30.9. The van der Waals surface area contributed by atoms with Gasteiger partial charge in [-0.1, -0.05) is 47.7 Å². The fourth-order valence-corrected chi connectivity index (χ4v) is 5.58. The summed E-state index contributed by atoms with van der Waals surface area (Å²) in [6.07, 6.45) is 0. The number of thiazole rings is 1. The van der Waals surface area contributed by atoms with Crippen molar-refractivity contribution >= 4 is 49.2 Å². The van der Waals surface area contributed by atoms with Gasteiger partial charge < -0.3 is 13.7 Å². The average molecular weight is 473 g/mol. The van der Waals surface area contributed by atoms with E-state index in [1.165, 1.54) is 11.3 Å². The normalized spacial score (nSPS) is 12.3. The van der Waals surface area contributed by atoms with Crippen LogP contribution < -0.4 is 10.4 Å². The molecule has 0 unspecified atom stereocenters. The Morgan fingerprint density at radius 1 is 1.09 bits per heavy atom. The maximum absolute atomic E-state index is 13.3. The number of hydrogen-bond donors (Lipinski definition) is 0. The molecule has 0 spiro atoms. The van der Waals surface area contributed by atoms with Gasteiger partial charge in [0, 0.05) is 18.5 Å². The average Bonchev–Trinajstić information content (AvgIpc) is 3.15. The third kappa shape index (κ3) is 3.97. The van der Waals surface area contributed by atoms with Crippen molar-refractivity contribution in [3.8, 4) is 0 Å². The lowest BCUT2D eigenvalue weighted by molar-refractivity contribution is 0.0993. The third-order valence-electron chi connectivity index (χ3n) is 5.84. The molecule has 0 radical (unpaired) electrons. The molecule has 0 bridgehead atoms. The quantitative estimate of drug-likeness (QED) is 0.196. The molecule has 34 heavy (non-hydrogen) atoms. The molecule has 1 amide bonds. The molecule has 0 saturated carbocycles. The fourth-order valence-electron chi connectivity index (χ4n) is 4.35. The summed E-state index contributed by atoms with van der Waals surface area (Å²) in [5.41, 5.74) is 2.95. The zero-order chi connectivity index (χ0) is 23.8. The summed E-state index contributed by atoms with van der Waals surface area (Å²) >= 11 is 1.43. The molecule has 0 N–H and O–H groups in total. The predicted octanol–water partition coefficient (Wildman–Crippen LogP) is 5.36. The van der Waals surface area contributed by atoms with E-state index < -0.39 is 11.5 Å². The molecule has 2 aromatic heterocycles. The number of carbonyl (C=O) groups is 1. The number of fused-ring (bicyclic) bond motifs is 4. The molecule has 0 aliphatic heterocycles. The summed E-state index contributed by atoms with van der Waals surface area (Å²) < 4.78 is 14.1. The van der Waals surface area contributed by atoms with Gasteiger partial charge in [-0.2, -0.15) is 4.99 Å². The van der Waals surface area contributed by atoms with Gasteiger partial charge in [0.1, 0.15) is 11.1 Å². The minimum Gasteiger partial charge on any atom is -0.422 e. The lowest BCUT2D eigenvalue weighted by atomic mass is 10.0. The standard InChI is InChI=1S/C27H24N2O4S/c1-4-32-12-11-29-24-17(3)13-16(2)14-23(24)34-27(29)28-25(30)21-15-20-19-8-6-5-7-18(19)9-10-22(20)33-26(21)31/h5-10,13-15H,4,11-12H2,1-3H3. The van der Waals surface area contributed by atoms with E-state index in [9.17, 15) is 9.59 Å². The number of nitrogens with zero attached hydrogens (tertiary/aromatic N) is 2. The highest BCUT2D eigenvalue weighted by molar-refractivity contribution is 7.16. The van der Waals surface area contributed by atoms with Crippen LogP contribution in [0.3, 0.4) is 0 Å². The molecule has 5 aromatic rings. The molecule has 0 atom stereocenters. The van der Waals surface area contributed by atoms with E-state index in [4.69, 9.17) is 9.15 Å². The maximum Gasteiger partial charge on any atom is 0.349 e. The largest absolute Gasteiger partial charge is 0.422 e. The summed E-state index contributed by atoms with van der Waals surface area (Å²) in [5.74, 6) is -0.616. The zero-order valence-electron chi connectivity index (χ0n) is 19.3. The van der Waals surface area contributed by atoms with Gasteiger partial charge in [-0.05, 0) is 60.9 Å².